The van der Waals surface area contributed by atoms with E-state index in [1.54, 1.807) is 0 Å². The first-order valence-electron chi connectivity index (χ1n) is 18.6. The van der Waals surface area contributed by atoms with Crippen LogP contribution in [0.25, 0.3) is 0 Å². The Morgan fingerprint density at radius 1 is 0.340 bits per heavy atom. The SMILES string of the molecule is C[n+]1ccn(CCOCCOCC(COCCOCCn2cc[n+](C)c2)(COCCOCCn2cc[n+](C)c2)COCCOCCn2cc[n+](C)c2)c1. The third-order valence-corrected chi connectivity index (χ3v) is 8.39. The molecule has 53 heavy (non-hydrogen) atoms. The van der Waals surface area contributed by atoms with E-state index in [0.29, 0.717) is 106 Å². The first-order chi connectivity index (χ1) is 25.9. The van der Waals surface area contributed by atoms with Crippen molar-refractivity contribution in [1.82, 2.24) is 18.3 Å². The van der Waals surface area contributed by atoms with Crippen molar-refractivity contribution in [3.63, 3.8) is 0 Å². The Balaban J connectivity index is 1.23. The molecule has 0 unspecified atom stereocenters. The Morgan fingerprint density at radius 3 is 0.774 bits per heavy atom. The van der Waals surface area contributed by atoms with Gasteiger partial charge in [0.1, 0.15) is 75.8 Å². The molecule has 0 amide bonds. The minimum absolute atomic E-state index is 0.381. The monoisotopic (exact) mass is 748 g/mol. The van der Waals surface area contributed by atoms with Crippen LogP contribution in [0.3, 0.4) is 0 Å². The molecule has 0 aromatic carbocycles. The van der Waals surface area contributed by atoms with Crippen molar-refractivity contribution in [3.05, 3.63) is 74.9 Å². The predicted molar refractivity (Wildman–Crippen MR) is 191 cm³/mol. The first kappa shape index (κ1) is 42.3. The number of hydrogen-bond donors (Lipinski definition) is 0. The summed E-state index contributed by atoms with van der Waals surface area (Å²) in [6, 6.07) is 0. The summed E-state index contributed by atoms with van der Waals surface area (Å²) >= 11 is 0. The van der Waals surface area contributed by atoms with Crippen LogP contribution in [0, 0.1) is 5.41 Å². The van der Waals surface area contributed by atoms with Gasteiger partial charge in [-0.3, -0.25) is 0 Å². The van der Waals surface area contributed by atoms with Gasteiger partial charge in [-0.25, -0.2) is 36.5 Å². The second-order valence-corrected chi connectivity index (χ2v) is 13.4. The average molecular weight is 749 g/mol. The average Bonchev–Trinajstić information content (AvgIpc) is 3.96. The summed E-state index contributed by atoms with van der Waals surface area (Å²) in [4.78, 5) is 0. The Bertz CT molecular complexity index is 1280. The number of imidazole rings is 4. The van der Waals surface area contributed by atoms with Gasteiger partial charge in [-0.2, -0.15) is 0 Å². The standard InChI is InChI=1S/C37H64N8O8/c1-38-5-9-42(33-38)13-17-46-21-25-50-29-37(30-51-26-22-47-18-14-43-10-6-39(2)34-43,31-52-27-23-48-19-15-44-11-7-40(3)35-44)32-53-28-24-49-20-16-45-12-8-41(4)36-45/h5-12,33-36H,13-32H2,1-4H3/q+4. The molecule has 0 saturated heterocycles. The zero-order chi connectivity index (χ0) is 37.4. The van der Waals surface area contributed by atoms with E-state index >= 15 is 0 Å². The summed E-state index contributed by atoms with van der Waals surface area (Å²) in [5.41, 5.74) is -0.556. The number of nitrogens with zero attached hydrogens (tertiary/aromatic N) is 8. The first-order valence-corrected chi connectivity index (χ1v) is 18.6. The molecular weight excluding hydrogens is 684 g/mol. The number of aryl methyl sites for hydroxylation is 4. The molecule has 0 fully saturated rings. The smallest absolute Gasteiger partial charge is 0.243 e. The minimum Gasteiger partial charge on any atom is -0.378 e. The van der Waals surface area contributed by atoms with Crippen LogP contribution >= 0.6 is 0 Å². The second kappa shape index (κ2) is 24.8. The molecule has 0 aliphatic carbocycles. The third-order valence-electron chi connectivity index (χ3n) is 8.39. The van der Waals surface area contributed by atoms with Crippen LogP contribution in [-0.4, -0.2) is 124 Å². The zero-order valence-electron chi connectivity index (χ0n) is 32.4. The highest BCUT2D eigenvalue weighted by molar-refractivity contribution is 4.80. The van der Waals surface area contributed by atoms with Gasteiger partial charge >= 0.3 is 0 Å². The van der Waals surface area contributed by atoms with Crippen LogP contribution in [0.2, 0.25) is 0 Å². The highest BCUT2D eigenvalue weighted by Gasteiger charge is 2.32. The largest absolute Gasteiger partial charge is 0.378 e. The Labute approximate surface area is 314 Å². The van der Waals surface area contributed by atoms with E-state index in [1.165, 1.54) is 0 Å². The van der Waals surface area contributed by atoms with Crippen molar-refractivity contribution >= 4 is 0 Å². The Morgan fingerprint density at radius 2 is 0.566 bits per heavy atom. The number of ether oxygens (including phenoxy) is 8. The van der Waals surface area contributed by atoms with E-state index in [9.17, 15) is 0 Å². The lowest BCUT2D eigenvalue weighted by Gasteiger charge is -2.33. The molecule has 0 saturated carbocycles. The van der Waals surface area contributed by atoms with E-state index < -0.39 is 5.41 Å². The maximum atomic E-state index is 6.21. The van der Waals surface area contributed by atoms with Gasteiger partial charge in [0, 0.05) is 0 Å². The van der Waals surface area contributed by atoms with Gasteiger partial charge in [0.05, 0.1) is 139 Å². The Kier molecular flexibility index (Phi) is 19.7. The van der Waals surface area contributed by atoms with Gasteiger partial charge in [-0.1, -0.05) is 0 Å². The highest BCUT2D eigenvalue weighted by Crippen LogP contribution is 2.21. The topological polar surface area (TPSA) is 109 Å². The maximum Gasteiger partial charge on any atom is 0.243 e. The van der Waals surface area contributed by atoms with E-state index in [-0.39, 0.29) is 0 Å². The fraction of sp³-hybridized carbons (Fsp3) is 0.676. The molecule has 4 rings (SSSR count). The van der Waals surface area contributed by atoms with Gasteiger partial charge < -0.3 is 37.9 Å². The van der Waals surface area contributed by atoms with Crippen LogP contribution in [0.15, 0.2) is 74.9 Å². The molecule has 0 aliphatic heterocycles. The molecule has 0 N–H and O–H groups in total. The van der Waals surface area contributed by atoms with Crippen molar-refractivity contribution in [2.45, 2.75) is 26.2 Å². The minimum atomic E-state index is -0.556. The number of hydrogen-bond acceptors (Lipinski definition) is 8. The molecular formula is C37H64N8O8+4. The summed E-state index contributed by atoms with van der Waals surface area (Å²) in [7, 11) is 8.01. The van der Waals surface area contributed by atoms with Crippen LogP contribution in [-0.2, 0) is 92.3 Å². The molecule has 0 atom stereocenters. The molecule has 296 valence electrons. The van der Waals surface area contributed by atoms with Gasteiger partial charge in [-0.05, 0) is 0 Å². The normalized spacial score (nSPS) is 12.0. The molecule has 0 aliphatic rings. The zero-order valence-corrected chi connectivity index (χ0v) is 32.4. The second-order valence-electron chi connectivity index (χ2n) is 13.4. The summed E-state index contributed by atoms with van der Waals surface area (Å²) in [6.07, 6.45) is 24.3. The van der Waals surface area contributed by atoms with Gasteiger partial charge in [0.2, 0.25) is 25.3 Å². The summed E-state index contributed by atoms with van der Waals surface area (Å²) < 4.78 is 64.7. The molecule has 0 spiro atoms. The van der Waals surface area contributed by atoms with Crippen LogP contribution in [0.1, 0.15) is 0 Å². The fourth-order valence-electron chi connectivity index (χ4n) is 5.50. The lowest BCUT2D eigenvalue weighted by Crippen LogP contribution is -2.43. The highest BCUT2D eigenvalue weighted by atomic mass is 16.6. The molecule has 16 nitrogen and oxygen atoms in total. The van der Waals surface area contributed by atoms with E-state index in [1.807, 2.05) is 121 Å². The predicted octanol–water partition coefficient (Wildman–Crippen LogP) is -0.590. The molecule has 0 bridgehead atoms. The van der Waals surface area contributed by atoms with Crippen molar-refractivity contribution in [2.75, 3.05) is 106 Å². The van der Waals surface area contributed by atoms with Crippen LogP contribution < -0.4 is 18.3 Å². The van der Waals surface area contributed by atoms with Gasteiger partial charge in [-0.15, -0.1) is 0 Å². The lowest BCUT2D eigenvalue weighted by atomic mass is 9.92. The van der Waals surface area contributed by atoms with E-state index in [2.05, 4.69) is 18.3 Å². The third kappa shape index (κ3) is 17.9. The quantitative estimate of drug-likeness (QED) is 0.0483. The van der Waals surface area contributed by atoms with Gasteiger partial charge in [0.15, 0.2) is 0 Å². The van der Waals surface area contributed by atoms with Gasteiger partial charge in [0.25, 0.3) is 0 Å². The van der Waals surface area contributed by atoms with Crippen molar-refractivity contribution < 1.29 is 56.2 Å². The number of aromatic nitrogens is 8. The van der Waals surface area contributed by atoms with E-state index in [4.69, 9.17) is 37.9 Å². The molecule has 4 heterocycles. The van der Waals surface area contributed by atoms with E-state index in [0.717, 1.165) is 26.2 Å². The molecule has 4 aromatic heterocycles. The van der Waals surface area contributed by atoms with Crippen molar-refractivity contribution in [1.29, 1.82) is 0 Å². The van der Waals surface area contributed by atoms with Crippen LogP contribution in [0.5, 0.6) is 0 Å². The summed E-state index contributed by atoms with van der Waals surface area (Å²) in [5, 5.41) is 0. The van der Waals surface area contributed by atoms with Crippen LogP contribution in [0.4, 0.5) is 0 Å². The molecule has 4 aromatic rings. The molecule has 0 radical (unpaired) electrons. The maximum absolute atomic E-state index is 6.21. The summed E-state index contributed by atoms with van der Waals surface area (Å²) in [5.74, 6) is 0. The fourth-order valence-corrected chi connectivity index (χ4v) is 5.50. The van der Waals surface area contributed by atoms with Crippen molar-refractivity contribution in [3.8, 4) is 0 Å². The van der Waals surface area contributed by atoms with Crippen molar-refractivity contribution in [2.24, 2.45) is 33.6 Å². The molecule has 16 heteroatoms. The lowest BCUT2D eigenvalue weighted by molar-refractivity contribution is -0.671. The number of rotatable bonds is 32. The Hall–Kier alpha value is -3.48. The summed E-state index contributed by atoms with van der Waals surface area (Å²) in [6.45, 7) is 10.8.